The Morgan fingerprint density at radius 1 is 1.14 bits per heavy atom. The first-order valence-corrected chi connectivity index (χ1v) is 7.63. The maximum Gasteiger partial charge on any atom is 0.146 e. The molecular formula is C16H26N4O. The summed E-state index contributed by atoms with van der Waals surface area (Å²) in [4.78, 5) is 8.87. The molecule has 2 aromatic rings. The van der Waals surface area contributed by atoms with E-state index < -0.39 is 0 Å². The van der Waals surface area contributed by atoms with Crippen molar-refractivity contribution in [3.8, 4) is 0 Å². The Hall–Kier alpha value is -1.62. The topological polar surface area (TPSA) is 66.0 Å². The van der Waals surface area contributed by atoms with Crippen molar-refractivity contribution in [1.29, 1.82) is 0 Å². The van der Waals surface area contributed by atoms with E-state index in [9.17, 15) is 0 Å². The fourth-order valence-corrected chi connectivity index (χ4v) is 2.64. The molecule has 0 aliphatic heterocycles. The molecule has 21 heavy (non-hydrogen) atoms. The van der Waals surface area contributed by atoms with Gasteiger partial charge in [0.25, 0.3) is 0 Å². The van der Waals surface area contributed by atoms with Crippen LogP contribution >= 0.6 is 0 Å². The number of nitrogens with two attached hydrogens (primary N) is 1. The van der Waals surface area contributed by atoms with Crippen molar-refractivity contribution in [3.63, 3.8) is 0 Å². The number of nitrogen functional groups attached to an aromatic ring is 1. The van der Waals surface area contributed by atoms with E-state index in [2.05, 4.69) is 42.2 Å². The number of unbranched alkanes of at least 4 members (excludes halogenated alkanes) is 1. The summed E-state index contributed by atoms with van der Waals surface area (Å²) in [5, 5.41) is 0.997. The van der Waals surface area contributed by atoms with Crippen LogP contribution < -0.4 is 5.73 Å². The predicted octanol–water partition coefficient (Wildman–Crippen LogP) is 3.14. The molecule has 0 spiro atoms. The first-order valence-electron chi connectivity index (χ1n) is 7.63. The highest BCUT2D eigenvalue weighted by atomic mass is 16.5. The summed E-state index contributed by atoms with van der Waals surface area (Å²) >= 11 is 0. The van der Waals surface area contributed by atoms with Crippen LogP contribution in [0.25, 0.3) is 11.0 Å². The molecule has 0 aliphatic carbocycles. The summed E-state index contributed by atoms with van der Waals surface area (Å²) in [5.74, 6) is 1.31. The summed E-state index contributed by atoms with van der Waals surface area (Å²) in [5.41, 5.74) is 9.43. The third-order valence-corrected chi connectivity index (χ3v) is 3.84. The quantitative estimate of drug-likeness (QED) is 0.830. The van der Waals surface area contributed by atoms with E-state index in [4.69, 9.17) is 10.5 Å². The molecule has 2 aromatic heterocycles. The highest BCUT2D eigenvalue weighted by Crippen LogP contribution is 2.27. The fourth-order valence-electron chi connectivity index (χ4n) is 2.64. The average molecular weight is 290 g/mol. The zero-order chi connectivity index (χ0) is 15.6. The van der Waals surface area contributed by atoms with E-state index >= 15 is 0 Å². The van der Waals surface area contributed by atoms with E-state index in [1.54, 1.807) is 0 Å². The molecule has 5 nitrogen and oxygen atoms in total. The van der Waals surface area contributed by atoms with E-state index in [-0.39, 0.29) is 0 Å². The van der Waals surface area contributed by atoms with Crippen molar-refractivity contribution >= 4 is 16.9 Å². The Morgan fingerprint density at radius 3 is 2.52 bits per heavy atom. The molecule has 2 N–H and O–H groups in total. The zero-order valence-corrected chi connectivity index (χ0v) is 13.7. The number of hydrogen-bond donors (Lipinski definition) is 1. The lowest BCUT2D eigenvalue weighted by Gasteiger charge is -2.10. The van der Waals surface area contributed by atoms with Crippen LogP contribution in [0, 0.1) is 20.8 Å². The molecule has 0 bridgehead atoms. The highest BCUT2D eigenvalue weighted by Gasteiger charge is 2.15. The summed E-state index contributed by atoms with van der Waals surface area (Å²) < 4.78 is 7.84. The maximum absolute atomic E-state index is 6.07. The lowest BCUT2D eigenvalue weighted by Crippen LogP contribution is -2.07. The second kappa shape index (κ2) is 6.43. The number of aromatic nitrogens is 3. The molecule has 0 radical (unpaired) electrons. The number of fused-ring (bicyclic) bond motifs is 1. The molecule has 0 amide bonds. The first-order chi connectivity index (χ1) is 9.91. The van der Waals surface area contributed by atoms with Gasteiger partial charge in [0.2, 0.25) is 0 Å². The largest absolute Gasteiger partial charge is 0.383 e. The maximum atomic E-state index is 6.07. The Balaban J connectivity index is 2.18. The standard InChI is InChI=1S/C16H26N4O/c1-10(2)21-9-7-6-8-20-12(4)11(3)14-15(17)18-13(5)19-16(14)20/h10H,6-9H2,1-5H3,(H2,17,18,19). The van der Waals surface area contributed by atoms with Crippen molar-refractivity contribution < 1.29 is 4.74 Å². The number of ether oxygens (including phenoxy) is 1. The molecule has 116 valence electrons. The minimum Gasteiger partial charge on any atom is -0.383 e. The van der Waals surface area contributed by atoms with Gasteiger partial charge < -0.3 is 15.0 Å². The van der Waals surface area contributed by atoms with Crippen LogP contribution in [-0.2, 0) is 11.3 Å². The average Bonchev–Trinajstić information content (AvgIpc) is 2.62. The number of rotatable bonds is 6. The number of nitrogens with zero attached hydrogens (tertiary/aromatic N) is 3. The number of anilines is 1. The first kappa shape index (κ1) is 15.8. The van der Waals surface area contributed by atoms with Crippen molar-refractivity contribution in [2.75, 3.05) is 12.3 Å². The Bertz CT molecular complexity index is 631. The lowest BCUT2D eigenvalue weighted by atomic mass is 10.2. The monoisotopic (exact) mass is 290 g/mol. The molecule has 5 heteroatoms. The number of hydrogen-bond acceptors (Lipinski definition) is 4. The minimum absolute atomic E-state index is 0.302. The van der Waals surface area contributed by atoms with Crippen molar-refractivity contribution in [2.45, 2.75) is 60.1 Å². The Kier molecular flexibility index (Phi) is 4.83. The van der Waals surface area contributed by atoms with Crippen LogP contribution in [0.1, 0.15) is 43.8 Å². The summed E-state index contributed by atoms with van der Waals surface area (Å²) in [7, 11) is 0. The molecule has 0 aliphatic rings. The molecule has 0 saturated heterocycles. The van der Waals surface area contributed by atoms with Gasteiger partial charge in [0, 0.05) is 18.8 Å². The third-order valence-electron chi connectivity index (χ3n) is 3.84. The van der Waals surface area contributed by atoms with E-state index in [0.29, 0.717) is 11.9 Å². The van der Waals surface area contributed by atoms with Gasteiger partial charge in [0.1, 0.15) is 17.3 Å². The third kappa shape index (κ3) is 3.35. The Morgan fingerprint density at radius 2 is 1.86 bits per heavy atom. The lowest BCUT2D eigenvalue weighted by molar-refractivity contribution is 0.0754. The predicted molar refractivity (Wildman–Crippen MR) is 86.5 cm³/mol. The van der Waals surface area contributed by atoms with Gasteiger partial charge in [0.05, 0.1) is 11.5 Å². The van der Waals surface area contributed by atoms with Gasteiger partial charge in [-0.1, -0.05) is 0 Å². The van der Waals surface area contributed by atoms with E-state index in [1.807, 2.05) is 6.92 Å². The smallest absolute Gasteiger partial charge is 0.146 e. The van der Waals surface area contributed by atoms with Crippen LogP contribution in [0.15, 0.2) is 0 Å². The van der Waals surface area contributed by atoms with Crippen LogP contribution in [0.5, 0.6) is 0 Å². The van der Waals surface area contributed by atoms with Gasteiger partial charge >= 0.3 is 0 Å². The summed E-state index contributed by atoms with van der Waals surface area (Å²) in [6.45, 7) is 12.0. The van der Waals surface area contributed by atoms with Gasteiger partial charge in [0.15, 0.2) is 0 Å². The zero-order valence-electron chi connectivity index (χ0n) is 13.7. The fraction of sp³-hybridized carbons (Fsp3) is 0.625. The number of aryl methyl sites for hydroxylation is 3. The molecule has 0 atom stereocenters. The van der Waals surface area contributed by atoms with Gasteiger partial charge in [-0.15, -0.1) is 0 Å². The van der Waals surface area contributed by atoms with Crippen molar-refractivity contribution in [1.82, 2.24) is 14.5 Å². The van der Waals surface area contributed by atoms with Gasteiger partial charge in [-0.3, -0.25) is 0 Å². The van der Waals surface area contributed by atoms with Gasteiger partial charge in [-0.25, -0.2) is 9.97 Å². The minimum atomic E-state index is 0.302. The second-order valence-corrected chi connectivity index (χ2v) is 5.84. The molecule has 2 rings (SSSR count). The molecular weight excluding hydrogens is 264 g/mol. The normalized spacial score (nSPS) is 11.7. The SMILES string of the molecule is Cc1nc(N)c2c(C)c(C)n(CCCCOC(C)C)c2n1. The molecule has 0 aromatic carbocycles. The highest BCUT2D eigenvalue weighted by molar-refractivity contribution is 5.91. The second-order valence-electron chi connectivity index (χ2n) is 5.84. The van der Waals surface area contributed by atoms with Gasteiger partial charge in [-0.05, 0) is 53.0 Å². The molecule has 0 saturated carbocycles. The van der Waals surface area contributed by atoms with Crippen LogP contribution in [0.2, 0.25) is 0 Å². The van der Waals surface area contributed by atoms with Crippen LogP contribution in [0.4, 0.5) is 5.82 Å². The summed E-state index contributed by atoms with van der Waals surface area (Å²) in [6, 6.07) is 0. The Labute approximate surface area is 126 Å². The van der Waals surface area contributed by atoms with E-state index in [0.717, 1.165) is 42.9 Å². The van der Waals surface area contributed by atoms with E-state index in [1.165, 1.54) is 11.3 Å². The van der Waals surface area contributed by atoms with Gasteiger partial charge in [-0.2, -0.15) is 0 Å². The molecule has 0 fully saturated rings. The van der Waals surface area contributed by atoms with Crippen molar-refractivity contribution in [2.24, 2.45) is 0 Å². The van der Waals surface area contributed by atoms with Crippen molar-refractivity contribution in [3.05, 3.63) is 17.1 Å². The van der Waals surface area contributed by atoms with Crippen LogP contribution in [0.3, 0.4) is 0 Å². The molecule has 0 unspecified atom stereocenters. The molecule has 2 heterocycles. The summed E-state index contributed by atoms with van der Waals surface area (Å²) in [6.07, 6.45) is 2.42. The van der Waals surface area contributed by atoms with Crippen LogP contribution in [-0.4, -0.2) is 27.2 Å².